The number of rotatable bonds is 7. The van der Waals surface area contributed by atoms with Gasteiger partial charge >= 0.3 is 0 Å². The molecule has 2 aromatic rings. The van der Waals surface area contributed by atoms with Crippen molar-refractivity contribution in [3.8, 4) is 0 Å². The number of carbonyl (C=O) groups is 1. The first-order valence-corrected chi connectivity index (χ1v) is 9.00. The predicted octanol–water partition coefficient (Wildman–Crippen LogP) is 1.51. The van der Waals surface area contributed by atoms with Gasteiger partial charge in [-0.1, -0.05) is 12.1 Å². The number of nitrogens with two attached hydrogens (primary N) is 1. The van der Waals surface area contributed by atoms with Crippen molar-refractivity contribution in [2.45, 2.75) is 10.9 Å². The first kappa shape index (κ1) is 19.0. The number of amides is 1. The SMILES string of the molecule is CN(C)C(CNS(=O)(=O)c1ccc(C(N)=O)cc1)c1cccc(F)c1. The van der Waals surface area contributed by atoms with Crippen LogP contribution in [0.3, 0.4) is 0 Å². The Bertz CT molecular complexity index is 852. The molecule has 134 valence electrons. The normalized spacial score (nSPS) is 13.0. The molecule has 8 heteroatoms. The Morgan fingerprint density at radius 2 is 1.84 bits per heavy atom. The Kier molecular flexibility index (Phi) is 5.89. The van der Waals surface area contributed by atoms with Gasteiger partial charge in [0, 0.05) is 18.2 Å². The van der Waals surface area contributed by atoms with E-state index in [-0.39, 0.29) is 28.9 Å². The molecule has 0 spiro atoms. The van der Waals surface area contributed by atoms with Crippen LogP contribution >= 0.6 is 0 Å². The second kappa shape index (κ2) is 7.73. The first-order chi connectivity index (χ1) is 11.7. The van der Waals surface area contributed by atoms with Crippen LogP contribution in [0.4, 0.5) is 4.39 Å². The highest BCUT2D eigenvalue weighted by atomic mass is 32.2. The summed E-state index contributed by atoms with van der Waals surface area (Å²) in [5.41, 5.74) is 6.03. The largest absolute Gasteiger partial charge is 0.366 e. The van der Waals surface area contributed by atoms with E-state index in [4.69, 9.17) is 5.73 Å². The molecule has 25 heavy (non-hydrogen) atoms. The monoisotopic (exact) mass is 365 g/mol. The van der Waals surface area contributed by atoms with Gasteiger partial charge in [-0.2, -0.15) is 0 Å². The number of benzene rings is 2. The second-order valence-electron chi connectivity index (χ2n) is 5.77. The summed E-state index contributed by atoms with van der Waals surface area (Å²) in [5.74, 6) is -1.01. The zero-order valence-electron chi connectivity index (χ0n) is 13.9. The lowest BCUT2D eigenvalue weighted by Crippen LogP contribution is -2.34. The van der Waals surface area contributed by atoms with Crippen molar-refractivity contribution in [2.24, 2.45) is 5.73 Å². The van der Waals surface area contributed by atoms with Crippen molar-refractivity contribution in [3.63, 3.8) is 0 Å². The van der Waals surface area contributed by atoms with Crippen LogP contribution < -0.4 is 10.5 Å². The Labute approximate surface area is 146 Å². The summed E-state index contributed by atoms with van der Waals surface area (Å²) in [4.78, 5) is 12.9. The van der Waals surface area contributed by atoms with Gasteiger partial charge in [-0.3, -0.25) is 4.79 Å². The van der Waals surface area contributed by atoms with Gasteiger partial charge in [-0.15, -0.1) is 0 Å². The van der Waals surface area contributed by atoms with Crippen LogP contribution in [0.15, 0.2) is 53.4 Å². The average molecular weight is 365 g/mol. The molecule has 2 aromatic carbocycles. The van der Waals surface area contributed by atoms with Gasteiger partial charge < -0.3 is 10.6 Å². The lowest BCUT2D eigenvalue weighted by atomic mass is 10.1. The van der Waals surface area contributed by atoms with E-state index in [0.717, 1.165) is 0 Å². The van der Waals surface area contributed by atoms with E-state index in [9.17, 15) is 17.6 Å². The lowest BCUT2D eigenvalue weighted by molar-refractivity contribution is 0.1000. The van der Waals surface area contributed by atoms with Gasteiger partial charge in [0.1, 0.15) is 5.82 Å². The molecule has 0 aliphatic carbocycles. The standard InChI is InChI=1S/C17H20FN3O3S/c1-21(2)16(13-4-3-5-14(18)10-13)11-20-25(23,24)15-8-6-12(7-9-15)17(19)22/h3-10,16,20H,11H2,1-2H3,(H2,19,22). The highest BCUT2D eigenvalue weighted by Crippen LogP contribution is 2.19. The Morgan fingerprint density at radius 3 is 2.36 bits per heavy atom. The van der Waals surface area contributed by atoms with Crippen molar-refractivity contribution in [1.29, 1.82) is 0 Å². The van der Waals surface area contributed by atoms with Crippen molar-refractivity contribution >= 4 is 15.9 Å². The molecule has 1 amide bonds. The quantitative estimate of drug-likeness (QED) is 0.778. The third-order valence-corrected chi connectivity index (χ3v) is 5.21. The fourth-order valence-corrected chi connectivity index (χ4v) is 3.42. The van der Waals surface area contributed by atoms with Crippen molar-refractivity contribution in [3.05, 3.63) is 65.5 Å². The zero-order chi connectivity index (χ0) is 18.6. The molecule has 0 saturated carbocycles. The van der Waals surface area contributed by atoms with E-state index >= 15 is 0 Å². The van der Waals surface area contributed by atoms with Gasteiger partial charge in [0.2, 0.25) is 15.9 Å². The number of nitrogens with one attached hydrogen (secondary N) is 1. The maximum Gasteiger partial charge on any atom is 0.248 e. The summed E-state index contributed by atoms with van der Waals surface area (Å²) in [6, 6.07) is 11.0. The second-order valence-corrected chi connectivity index (χ2v) is 7.54. The highest BCUT2D eigenvalue weighted by molar-refractivity contribution is 7.89. The maximum atomic E-state index is 13.4. The number of hydrogen-bond donors (Lipinski definition) is 2. The van der Waals surface area contributed by atoms with Gasteiger partial charge in [-0.05, 0) is 56.1 Å². The molecular formula is C17H20FN3O3S. The lowest BCUT2D eigenvalue weighted by Gasteiger charge is -2.25. The van der Waals surface area contributed by atoms with Crippen molar-refractivity contribution in [2.75, 3.05) is 20.6 Å². The molecule has 0 aliphatic heterocycles. The van der Waals surface area contributed by atoms with E-state index in [1.54, 1.807) is 31.1 Å². The van der Waals surface area contributed by atoms with Crippen LogP contribution in [0, 0.1) is 5.82 Å². The minimum Gasteiger partial charge on any atom is -0.366 e. The summed E-state index contributed by atoms with van der Waals surface area (Å²) in [7, 11) is -0.205. The summed E-state index contributed by atoms with van der Waals surface area (Å²) in [5, 5.41) is 0. The molecule has 1 atom stereocenters. The number of halogens is 1. The number of nitrogens with zero attached hydrogens (tertiary/aromatic N) is 1. The van der Waals surface area contributed by atoms with E-state index < -0.39 is 15.9 Å². The van der Waals surface area contributed by atoms with E-state index in [1.807, 2.05) is 0 Å². The third-order valence-electron chi connectivity index (χ3n) is 3.77. The van der Waals surface area contributed by atoms with Crippen molar-refractivity contribution in [1.82, 2.24) is 9.62 Å². The topological polar surface area (TPSA) is 92.5 Å². The van der Waals surface area contributed by atoms with Crippen LogP contribution in [0.5, 0.6) is 0 Å². The minimum absolute atomic E-state index is 0.0225. The Hall–Kier alpha value is -2.29. The molecule has 3 N–H and O–H groups in total. The zero-order valence-corrected chi connectivity index (χ0v) is 14.8. The highest BCUT2D eigenvalue weighted by Gasteiger charge is 2.20. The molecule has 0 heterocycles. The van der Waals surface area contributed by atoms with Gasteiger partial charge in [0.15, 0.2) is 0 Å². The molecule has 0 bridgehead atoms. The predicted molar refractivity (Wildman–Crippen MR) is 93.0 cm³/mol. The fourth-order valence-electron chi connectivity index (χ4n) is 2.38. The molecule has 0 aromatic heterocycles. The molecule has 2 rings (SSSR count). The van der Waals surface area contributed by atoms with Crippen LogP contribution in [-0.2, 0) is 10.0 Å². The molecule has 0 saturated heterocycles. The molecule has 0 aliphatic rings. The first-order valence-electron chi connectivity index (χ1n) is 7.52. The Morgan fingerprint density at radius 1 is 1.20 bits per heavy atom. The summed E-state index contributed by atoms with van der Waals surface area (Å²) >= 11 is 0. The molecule has 1 unspecified atom stereocenters. The van der Waals surface area contributed by atoms with Gasteiger partial charge in [0.05, 0.1) is 4.90 Å². The van der Waals surface area contributed by atoms with Crippen LogP contribution in [-0.4, -0.2) is 39.9 Å². The number of hydrogen-bond acceptors (Lipinski definition) is 4. The van der Waals surface area contributed by atoms with Gasteiger partial charge in [0.25, 0.3) is 0 Å². The fraction of sp³-hybridized carbons (Fsp3) is 0.235. The van der Waals surface area contributed by atoms with E-state index in [2.05, 4.69) is 4.72 Å². The Balaban J connectivity index is 2.17. The number of likely N-dealkylation sites (N-methyl/N-ethyl adjacent to an activating group) is 1. The number of carbonyl (C=O) groups excluding carboxylic acids is 1. The number of sulfonamides is 1. The van der Waals surface area contributed by atoms with Crippen LogP contribution in [0.25, 0.3) is 0 Å². The smallest absolute Gasteiger partial charge is 0.248 e. The molecule has 0 fully saturated rings. The summed E-state index contributed by atoms with van der Waals surface area (Å²) in [6.45, 7) is 0.0658. The molecule has 0 radical (unpaired) electrons. The number of primary amides is 1. The van der Waals surface area contributed by atoms with Crippen LogP contribution in [0.1, 0.15) is 22.0 Å². The molecule has 6 nitrogen and oxygen atoms in total. The maximum absolute atomic E-state index is 13.4. The third kappa shape index (κ3) is 4.85. The van der Waals surface area contributed by atoms with E-state index in [1.165, 1.54) is 36.4 Å². The summed E-state index contributed by atoms with van der Waals surface area (Å²) < 4.78 is 40.8. The van der Waals surface area contributed by atoms with Gasteiger partial charge in [-0.25, -0.2) is 17.5 Å². The molecular weight excluding hydrogens is 345 g/mol. The summed E-state index contributed by atoms with van der Waals surface area (Å²) in [6.07, 6.45) is 0. The average Bonchev–Trinajstić information content (AvgIpc) is 2.54. The van der Waals surface area contributed by atoms with Crippen LogP contribution in [0.2, 0.25) is 0 Å². The van der Waals surface area contributed by atoms with Crippen molar-refractivity contribution < 1.29 is 17.6 Å². The minimum atomic E-state index is -3.77. The van der Waals surface area contributed by atoms with E-state index in [0.29, 0.717) is 5.56 Å².